The summed E-state index contributed by atoms with van der Waals surface area (Å²) in [6, 6.07) is 10.1. The number of aromatic nitrogens is 1. The molecule has 0 radical (unpaired) electrons. The Bertz CT molecular complexity index is 568. The summed E-state index contributed by atoms with van der Waals surface area (Å²) < 4.78 is 7.18. The molecular weight excluding hydrogens is 238 g/mol. The van der Waals surface area contributed by atoms with Crippen molar-refractivity contribution < 1.29 is 4.74 Å². The molecule has 0 spiro atoms. The molecular formula is C15H19N3O. The molecule has 0 aliphatic rings. The van der Waals surface area contributed by atoms with Crippen LogP contribution in [0.5, 0.6) is 0 Å². The average Bonchev–Trinajstić information content (AvgIpc) is 2.86. The first-order valence-corrected chi connectivity index (χ1v) is 6.54. The second-order valence-corrected chi connectivity index (χ2v) is 4.46. The van der Waals surface area contributed by atoms with Crippen LogP contribution in [0.15, 0.2) is 30.5 Å². The maximum absolute atomic E-state index is 9.06. The van der Waals surface area contributed by atoms with Crippen LogP contribution in [0, 0.1) is 11.3 Å². The van der Waals surface area contributed by atoms with Crippen molar-refractivity contribution in [2.75, 3.05) is 26.8 Å². The number of nitrogens with one attached hydrogen (secondary N) is 1. The van der Waals surface area contributed by atoms with E-state index in [4.69, 9.17) is 10.00 Å². The zero-order valence-corrected chi connectivity index (χ0v) is 11.2. The number of ether oxygens (including phenoxy) is 1. The summed E-state index contributed by atoms with van der Waals surface area (Å²) in [5.41, 5.74) is 1.86. The van der Waals surface area contributed by atoms with Gasteiger partial charge in [-0.1, -0.05) is 6.07 Å². The van der Waals surface area contributed by atoms with E-state index in [9.17, 15) is 0 Å². The van der Waals surface area contributed by atoms with Crippen molar-refractivity contribution in [3.63, 3.8) is 0 Å². The van der Waals surface area contributed by atoms with Crippen LogP contribution in [-0.2, 0) is 11.3 Å². The summed E-state index contributed by atoms with van der Waals surface area (Å²) in [5, 5.41) is 13.5. The molecule has 0 aliphatic carbocycles. The second-order valence-electron chi connectivity index (χ2n) is 4.46. The largest absolute Gasteiger partial charge is 0.385 e. The zero-order chi connectivity index (χ0) is 13.5. The van der Waals surface area contributed by atoms with Crippen molar-refractivity contribution in [1.82, 2.24) is 9.88 Å². The van der Waals surface area contributed by atoms with E-state index in [0.29, 0.717) is 0 Å². The standard InChI is InChI=1S/C15H19N3O/c1-19-11-3-7-17-8-10-18-9-6-14-13(12-16)4-2-5-15(14)18/h2,4-6,9,17H,3,7-8,10-11H2,1H3. The summed E-state index contributed by atoms with van der Waals surface area (Å²) in [7, 11) is 1.72. The van der Waals surface area contributed by atoms with E-state index in [0.717, 1.165) is 49.1 Å². The van der Waals surface area contributed by atoms with Gasteiger partial charge in [-0.3, -0.25) is 0 Å². The number of rotatable bonds is 7. The van der Waals surface area contributed by atoms with Crippen molar-refractivity contribution in [3.05, 3.63) is 36.0 Å². The molecule has 0 fully saturated rings. The highest BCUT2D eigenvalue weighted by molar-refractivity contribution is 5.85. The third-order valence-corrected chi connectivity index (χ3v) is 3.17. The maximum Gasteiger partial charge on any atom is 0.0998 e. The fourth-order valence-electron chi connectivity index (χ4n) is 2.18. The van der Waals surface area contributed by atoms with Crippen molar-refractivity contribution in [3.8, 4) is 6.07 Å². The average molecular weight is 257 g/mol. The Morgan fingerprint density at radius 1 is 1.32 bits per heavy atom. The van der Waals surface area contributed by atoms with Gasteiger partial charge >= 0.3 is 0 Å². The van der Waals surface area contributed by atoms with E-state index >= 15 is 0 Å². The molecule has 0 atom stereocenters. The Kier molecular flexibility index (Phi) is 4.96. The van der Waals surface area contributed by atoms with Gasteiger partial charge < -0.3 is 14.6 Å². The summed E-state index contributed by atoms with van der Waals surface area (Å²) in [6.07, 6.45) is 3.07. The lowest BCUT2D eigenvalue weighted by molar-refractivity contribution is 0.194. The molecule has 1 heterocycles. The number of benzene rings is 1. The lowest BCUT2D eigenvalue weighted by Gasteiger charge is -2.07. The number of nitrogens with zero attached hydrogens (tertiary/aromatic N) is 2. The molecule has 1 aromatic heterocycles. The Labute approximate surface area is 113 Å². The first-order valence-electron chi connectivity index (χ1n) is 6.54. The van der Waals surface area contributed by atoms with Gasteiger partial charge in [0.15, 0.2) is 0 Å². The Hall–Kier alpha value is -1.83. The zero-order valence-electron chi connectivity index (χ0n) is 11.2. The Morgan fingerprint density at radius 2 is 2.21 bits per heavy atom. The molecule has 4 heteroatoms. The Morgan fingerprint density at radius 3 is 3.00 bits per heavy atom. The van der Waals surface area contributed by atoms with Crippen molar-refractivity contribution in [2.45, 2.75) is 13.0 Å². The third kappa shape index (κ3) is 3.34. The highest BCUT2D eigenvalue weighted by Crippen LogP contribution is 2.19. The molecule has 1 aromatic carbocycles. The van der Waals surface area contributed by atoms with Gasteiger partial charge in [-0.2, -0.15) is 5.26 Å². The van der Waals surface area contributed by atoms with Crippen LogP contribution < -0.4 is 5.32 Å². The molecule has 0 aliphatic heterocycles. The highest BCUT2D eigenvalue weighted by Gasteiger charge is 2.04. The molecule has 0 saturated heterocycles. The third-order valence-electron chi connectivity index (χ3n) is 3.17. The van der Waals surface area contributed by atoms with Crippen LogP contribution in [0.4, 0.5) is 0 Å². The van der Waals surface area contributed by atoms with Gasteiger partial charge in [0.2, 0.25) is 0 Å². The molecule has 0 unspecified atom stereocenters. The molecule has 0 saturated carbocycles. The predicted molar refractivity (Wildman–Crippen MR) is 76.0 cm³/mol. The number of hydrogen-bond acceptors (Lipinski definition) is 3. The predicted octanol–water partition coefficient (Wildman–Crippen LogP) is 2.14. The topological polar surface area (TPSA) is 50.0 Å². The SMILES string of the molecule is COCCCNCCn1ccc2c(C#N)cccc21. The quantitative estimate of drug-likeness (QED) is 0.773. The van der Waals surface area contributed by atoms with E-state index in [1.54, 1.807) is 7.11 Å². The van der Waals surface area contributed by atoms with Crippen molar-refractivity contribution in [1.29, 1.82) is 5.26 Å². The molecule has 2 aromatic rings. The van der Waals surface area contributed by atoms with Gasteiger partial charge in [0.1, 0.15) is 0 Å². The lowest BCUT2D eigenvalue weighted by atomic mass is 10.1. The summed E-state index contributed by atoms with van der Waals surface area (Å²) >= 11 is 0. The summed E-state index contributed by atoms with van der Waals surface area (Å²) in [4.78, 5) is 0. The monoisotopic (exact) mass is 257 g/mol. The van der Waals surface area contributed by atoms with Gasteiger partial charge in [0, 0.05) is 43.9 Å². The van der Waals surface area contributed by atoms with E-state index < -0.39 is 0 Å². The first kappa shape index (κ1) is 13.6. The first-order chi connectivity index (χ1) is 9.36. The van der Waals surface area contributed by atoms with Gasteiger partial charge in [0.25, 0.3) is 0 Å². The van der Waals surface area contributed by atoms with Crippen LogP contribution in [0.25, 0.3) is 10.9 Å². The lowest BCUT2D eigenvalue weighted by Crippen LogP contribution is -2.21. The minimum atomic E-state index is 0.740. The molecule has 100 valence electrons. The van der Waals surface area contributed by atoms with Crippen LogP contribution >= 0.6 is 0 Å². The number of nitriles is 1. The number of hydrogen-bond donors (Lipinski definition) is 1. The van der Waals surface area contributed by atoms with Gasteiger partial charge in [-0.25, -0.2) is 0 Å². The molecule has 19 heavy (non-hydrogen) atoms. The van der Waals surface area contributed by atoms with Gasteiger partial charge in [-0.05, 0) is 31.2 Å². The highest BCUT2D eigenvalue weighted by atomic mass is 16.5. The Balaban J connectivity index is 1.93. The fourth-order valence-corrected chi connectivity index (χ4v) is 2.18. The second kappa shape index (κ2) is 6.93. The molecule has 1 N–H and O–H groups in total. The minimum Gasteiger partial charge on any atom is -0.385 e. The molecule has 4 nitrogen and oxygen atoms in total. The van der Waals surface area contributed by atoms with Crippen LogP contribution in [0.2, 0.25) is 0 Å². The molecule has 2 rings (SSSR count). The van der Waals surface area contributed by atoms with Crippen LogP contribution in [0.3, 0.4) is 0 Å². The van der Waals surface area contributed by atoms with Crippen molar-refractivity contribution >= 4 is 10.9 Å². The van der Waals surface area contributed by atoms with Crippen molar-refractivity contribution in [2.24, 2.45) is 0 Å². The number of fused-ring (bicyclic) bond motifs is 1. The van der Waals surface area contributed by atoms with E-state index in [-0.39, 0.29) is 0 Å². The maximum atomic E-state index is 9.06. The van der Waals surface area contributed by atoms with E-state index in [1.165, 1.54) is 0 Å². The van der Waals surface area contributed by atoms with Gasteiger partial charge in [-0.15, -0.1) is 0 Å². The molecule has 0 bridgehead atoms. The van der Waals surface area contributed by atoms with E-state index in [2.05, 4.69) is 22.0 Å². The normalized spacial score (nSPS) is 10.7. The van der Waals surface area contributed by atoms with E-state index in [1.807, 2.05) is 24.4 Å². The smallest absolute Gasteiger partial charge is 0.0998 e. The van der Waals surface area contributed by atoms with Gasteiger partial charge in [0.05, 0.1) is 11.6 Å². The fraction of sp³-hybridized carbons (Fsp3) is 0.400. The summed E-state index contributed by atoms with van der Waals surface area (Å²) in [5.74, 6) is 0. The minimum absolute atomic E-state index is 0.740. The van der Waals surface area contributed by atoms with Crippen LogP contribution in [-0.4, -0.2) is 31.4 Å². The number of methoxy groups -OCH3 is 1. The van der Waals surface area contributed by atoms with Crippen LogP contribution in [0.1, 0.15) is 12.0 Å². The summed E-state index contributed by atoms with van der Waals surface area (Å²) in [6.45, 7) is 3.59. The molecule has 0 amide bonds.